The molecule has 78 heavy (non-hydrogen) atoms. The lowest BCUT2D eigenvalue weighted by molar-refractivity contribution is -0.0619. The maximum atomic E-state index is 13.2. The fourth-order valence-corrected chi connectivity index (χ4v) is 14.0. The molecule has 0 spiro atoms. The van der Waals surface area contributed by atoms with Gasteiger partial charge in [0.15, 0.2) is 38.9 Å². The van der Waals surface area contributed by atoms with E-state index in [1.165, 1.54) is 26.0 Å². The highest BCUT2D eigenvalue weighted by Crippen LogP contribution is 2.55. The summed E-state index contributed by atoms with van der Waals surface area (Å²) in [6.45, 7) is 31.4. The number of hydrogen-bond donors (Lipinski definition) is 2. The number of hydrogen-bond acceptors (Lipinski definition) is 20. The highest BCUT2D eigenvalue weighted by Gasteiger charge is 2.60. The molecule has 0 aliphatic carbocycles. The van der Waals surface area contributed by atoms with E-state index in [-0.39, 0.29) is 71.3 Å². The molecule has 7 rings (SSSR count). The first kappa shape index (κ1) is 64.2. The number of nitrogens with two attached hydrogens (primary N) is 1. The summed E-state index contributed by atoms with van der Waals surface area (Å²) in [5, 5.41) is 10.4. The summed E-state index contributed by atoms with van der Waals surface area (Å²) in [5.41, 5.74) is 5.85. The molecule has 0 saturated carbocycles. The average Bonchev–Trinajstić information content (AvgIpc) is 4.09. The van der Waals surface area contributed by atoms with Crippen molar-refractivity contribution in [2.75, 3.05) is 58.7 Å². The minimum Gasteiger partial charge on any atom is -0.461 e. The van der Waals surface area contributed by atoms with Crippen LogP contribution < -0.4 is 5.73 Å². The summed E-state index contributed by atoms with van der Waals surface area (Å²) >= 11 is 18.6. The Morgan fingerprint density at radius 1 is 0.718 bits per heavy atom. The molecule has 2 saturated heterocycles. The van der Waals surface area contributed by atoms with Crippen LogP contribution in [0.2, 0.25) is 52.0 Å². The first-order valence-electron chi connectivity index (χ1n) is 25.5. The zero-order chi connectivity index (χ0) is 58.2. The number of nitrogen functional groups attached to an aromatic ring is 1. The fraction of sp³-hybridized carbons (Fsp3) is 0.653. The van der Waals surface area contributed by atoms with Gasteiger partial charge in [0.1, 0.15) is 42.3 Å². The van der Waals surface area contributed by atoms with Gasteiger partial charge < -0.3 is 52.0 Å². The predicted molar refractivity (Wildman–Crippen MR) is 304 cm³/mol. The molecule has 29 heteroatoms. The van der Waals surface area contributed by atoms with Crippen LogP contribution >= 0.6 is 50.0 Å². The van der Waals surface area contributed by atoms with Crippen molar-refractivity contribution in [2.24, 2.45) is 10.8 Å². The Balaban J connectivity index is 0.000000258. The number of ether oxygens (including phenoxy) is 3. The van der Waals surface area contributed by atoms with Crippen LogP contribution in [0, 0.1) is 10.8 Å². The van der Waals surface area contributed by atoms with Gasteiger partial charge in [-0.3, -0.25) is 18.3 Å². The van der Waals surface area contributed by atoms with E-state index in [9.17, 15) is 19.0 Å². The van der Waals surface area contributed by atoms with Gasteiger partial charge in [0.25, 0.3) is 0 Å². The highest BCUT2D eigenvalue weighted by molar-refractivity contribution is 7.53. The number of carbonyl (C=O) groups excluding carboxylic acids is 1. The minimum atomic E-state index is -3.38. The normalized spacial score (nSPS) is 25.7. The summed E-state index contributed by atoms with van der Waals surface area (Å²) in [5.74, 6) is -0.357. The number of fused-ring (bicyclic) bond motifs is 2. The Hall–Kier alpha value is -3.01. The number of benzene rings is 1. The molecule has 22 nitrogen and oxygen atoms in total. The van der Waals surface area contributed by atoms with Crippen LogP contribution in [0.25, 0.3) is 22.3 Å². The third-order valence-corrected chi connectivity index (χ3v) is 27.2. The Kier molecular flexibility index (Phi) is 20.1. The number of aromatic nitrogens is 8. The van der Waals surface area contributed by atoms with Gasteiger partial charge in [-0.1, -0.05) is 78.3 Å². The van der Waals surface area contributed by atoms with Crippen LogP contribution in [0.4, 0.5) is 5.82 Å². The monoisotopic (exact) mass is 1220 g/mol. The van der Waals surface area contributed by atoms with Crippen molar-refractivity contribution in [2.45, 2.75) is 142 Å². The summed E-state index contributed by atoms with van der Waals surface area (Å²) in [6, 6.07) is 8.73. The lowest BCUT2D eigenvalue weighted by Crippen LogP contribution is -2.52. The van der Waals surface area contributed by atoms with E-state index in [2.05, 4.69) is 97.6 Å². The number of aliphatic hydroxyl groups is 1. The summed E-state index contributed by atoms with van der Waals surface area (Å²) in [6.07, 6.45) is -1.20. The number of halogens is 3. The Morgan fingerprint density at radius 3 is 1.62 bits per heavy atom. The van der Waals surface area contributed by atoms with Gasteiger partial charge in [-0.05, 0) is 92.4 Å². The van der Waals surface area contributed by atoms with Gasteiger partial charge in [0, 0.05) is 13.3 Å². The van der Waals surface area contributed by atoms with Crippen molar-refractivity contribution in [3.8, 4) is 0 Å². The maximum absolute atomic E-state index is 13.2. The van der Waals surface area contributed by atoms with E-state index in [1.54, 1.807) is 47.2 Å². The van der Waals surface area contributed by atoms with Crippen molar-refractivity contribution in [1.29, 1.82) is 0 Å². The second-order valence-electron chi connectivity index (χ2n) is 23.0. The third kappa shape index (κ3) is 14.1. The van der Waals surface area contributed by atoms with Gasteiger partial charge in [-0.25, -0.2) is 19.7 Å². The molecule has 2 aliphatic rings. The largest absolute Gasteiger partial charge is 0.461 e. The van der Waals surface area contributed by atoms with Gasteiger partial charge in [0.05, 0.1) is 74.3 Å². The SMILES string of the molecule is CCOP(C)(=O)OC[C@H]1O[C@@H](n2cnc3c(Cl)nc(Cl)nc32)[C@@](C)(COC(=O)c2ccccc2)C1O[Si](C)(C)C(C)(C)C.CCOP(C)(=O)OC[C@H]1O[C@@H](n2cnc3c(N)nc(Cl)nc32)[C@@](C)(CO)C1O[Si](C)(C)C(C)(C)C. The maximum Gasteiger partial charge on any atom is 0.338 e. The molecule has 2 fully saturated rings. The smallest absolute Gasteiger partial charge is 0.338 e. The second-order valence-corrected chi connectivity index (χ2v) is 37.7. The average molecular weight is 1220 g/mol. The molecule has 0 amide bonds. The molecule has 5 aromatic rings. The van der Waals surface area contributed by atoms with Crippen molar-refractivity contribution in [3.63, 3.8) is 0 Å². The van der Waals surface area contributed by atoms with Gasteiger partial charge in [0.2, 0.25) is 10.6 Å². The van der Waals surface area contributed by atoms with Crippen LogP contribution in [0.15, 0.2) is 43.0 Å². The number of esters is 1. The number of anilines is 1. The number of imidazole rings is 2. The van der Waals surface area contributed by atoms with Crippen molar-refractivity contribution in [3.05, 3.63) is 64.3 Å². The molecular formula is C49H76Cl3N9O13P2Si2. The molecule has 4 aromatic heterocycles. The molecule has 4 unspecified atom stereocenters. The zero-order valence-electron chi connectivity index (χ0n) is 47.3. The first-order valence-corrected chi connectivity index (χ1v) is 36.4. The number of carbonyl (C=O) groups is 1. The lowest BCUT2D eigenvalue weighted by atomic mass is 9.83. The topological polar surface area (TPSA) is 268 Å². The zero-order valence-corrected chi connectivity index (χ0v) is 53.3. The Labute approximate surface area is 473 Å². The Bertz CT molecular complexity index is 3010. The van der Waals surface area contributed by atoms with Gasteiger partial charge in [-0.15, -0.1) is 0 Å². The van der Waals surface area contributed by atoms with Gasteiger partial charge >= 0.3 is 21.2 Å². The lowest BCUT2D eigenvalue weighted by Gasteiger charge is -2.43. The van der Waals surface area contributed by atoms with Crippen LogP contribution in [0.1, 0.15) is 92.1 Å². The summed E-state index contributed by atoms with van der Waals surface area (Å²) in [4.78, 5) is 38.5. The van der Waals surface area contributed by atoms with Gasteiger partial charge in [-0.2, -0.15) is 15.0 Å². The number of aliphatic hydroxyl groups excluding tert-OH is 1. The standard InChI is InChI=1S/C28H39Cl2N4O7PSi.C21H37ClN5O6PSi/c1-9-38-42(6,36)39-15-19-21(41-43(7,8)27(2,3)4)28(5,16-37-24(35)18-13-11-10-12-14-18)25(40-19)34-17-31-20-22(29)32-26(30)33-23(20)34;1-9-30-34(6,29)31-10-13-15(33-35(7,8)20(2,3)4)21(5,11-28)18(32-13)27-12-24-14-16(23)25-19(22)26-17(14)27/h10-14,17,19,21,25H,9,15-16H2,1-8H3;12-13,15,18,28H,9-11H2,1-8H3,(H2,23,25,26)/t19-,21?,25-,28+,42?;13-,15?,18-,21+,34?/m11/s1. The molecule has 10 atom stereocenters. The van der Waals surface area contributed by atoms with Crippen molar-refractivity contribution >= 4 is 101 Å². The Morgan fingerprint density at radius 2 is 1.15 bits per heavy atom. The second kappa shape index (κ2) is 24.4. The molecule has 6 heterocycles. The quantitative estimate of drug-likeness (QED) is 0.0241. The summed E-state index contributed by atoms with van der Waals surface area (Å²) < 4.78 is 84.0. The predicted octanol–water partition coefficient (Wildman–Crippen LogP) is 11.4. The highest BCUT2D eigenvalue weighted by atomic mass is 35.5. The molecule has 3 N–H and O–H groups in total. The van der Waals surface area contributed by atoms with E-state index in [4.69, 9.17) is 81.7 Å². The summed E-state index contributed by atoms with van der Waals surface area (Å²) in [7, 11) is -11.5. The van der Waals surface area contributed by atoms with Crippen molar-refractivity contribution < 1.29 is 60.2 Å². The van der Waals surface area contributed by atoms with Crippen molar-refractivity contribution in [1.82, 2.24) is 39.0 Å². The number of rotatable bonds is 20. The van der Waals surface area contributed by atoms with E-state index >= 15 is 0 Å². The molecule has 0 bridgehead atoms. The number of nitrogens with zero attached hydrogens (tertiary/aromatic N) is 8. The fourth-order valence-electron chi connectivity index (χ4n) is 8.62. The first-order chi connectivity index (χ1) is 36.0. The van der Waals surface area contributed by atoms with E-state index < -0.39 is 85.5 Å². The molecule has 2 aliphatic heterocycles. The van der Waals surface area contributed by atoms with E-state index in [0.29, 0.717) is 27.9 Å². The van der Waals surface area contributed by atoms with Crippen LogP contribution in [0.3, 0.4) is 0 Å². The molecule has 1 aromatic carbocycles. The third-order valence-electron chi connectivity index (χ3n) is 15.0. The molecule has 434 valence electrons. The van der Waals surface area contributed by atoms with Crippen LogP contribution in [-0.4, -0.2) is 144 Å². The van der Waals surface area contributed by atoms with Crippen LogP contribution in [0.5, 0.6) is 0 Å². The minimum absolute atomic E-state index is 0.0296. The molecule has 0 radical (unpaired) electrons. The van der Waals surface area contributed by atoms with Crippen LogP contribution in [-0.2, 0) is 50.3 Å². The van der Waals surface area contributed by atoms with E-state index in [1.807, 2.05) is 19.9 Å². The van der Waals surface area contributed by atoms with E-state index in [0.717, 1.165) is 0 Å². The molecular weight excluding hydrogens is 1150 g/mol.